The molecule has 0 radical (unpaired) electrons. The predicted octanol–water partition coefficient (Wildman–Crippen LogP) is 6.12. The van der Waals surface area contributed by atoms with E-state index in [4.69, 9.17) is 0 Å². The summed E-state index contributed by atoms with van der Waals surface area (Å²) in [6.45, 7) is 10.4. The van der Waals surface area contributed by atoms with Gasteiger partial charge in [0.25, 0.3) is 23.6 Å². The minimum Gasteiger partial charge on any atom is -0.277 e. The van der Waals surface area contributed by atoms with Crippen molar-refractivity contribution in [2.24, 2.45) is 0 Å². The van der Waals surface area contributed by atoms with Crippen molar-refractivity contribution in [3.8, 4) is 0 Å². The normalized spacial score (nSPS) is 16.6. The third-order valence-corrected chi connectivity index (χ3v) is 8.88. The predicted molar refractivity (Wildman–Crippen MR) is 143 cm³/mol. The van der Waals surface area contributed by atoms with Gasteiger partial charge in [-0.3, -0.25) is 24.1 Å². The molecule has 0 spiro atoms. The molecule has 0 aliphatic carbocycles. The van der Waals surface area contributed by atoms with Crippen molar-refractivity contribution in [1.29, 1.82) is 0 Å². The summed E-state index contributed by atoms with van der Waals surface area (Å²) in [5, 5.41) is 0. The van der Waals surface area contributed by atoms with Gasteiger partial charge in [-0.25, -0.2) is 4.90 Å². The van der Waals surface area contributed by atoms with E-state index in [0.29, 0.717) is 5.69 Å². The quantitative estimate of drug-likeness (QED) is 0.370. The first-order valence-electron chi connectivity index (χ1n) is 12.7. The highest BCUT2D eigenvalue weighted by atomic mass is 19.4. The van der Waals surface area contributed by atoms with Gasteiger partial charge in [0, 0.05) is 7.05 Å². The highest BCUT2D eigenvalue weighted by Crippen LogP contribution is 2.48. The Bertz CT molecular complexity index is 1680. The number of anilines is 1. The van der Waals surface area contributed by atoms with Gasteiger partial charge in [-0.15, -0.1) is 0 Å². The molecule has 40 heavy (non-hydrogen) atoms. The van der Waals surface area contributed by atoms with E-state index >= 15 is 0 Å². The number of carbonyl (C=O) groups is 4. The van der Waals surface area contributed by atoms with Crippen LogP contribution in [0, 0.1) is 34.6 Å². The van der Waals surface area contributed by atoms with Gasteiger partial charge in [-0.05, 0) is 105 Å². The average molecular weight is 549 g/mol. The van der Waals surface area contributed by atoms with Gasteiger partial charge in [-0.1, -0.05) is 12.1 Å². The topological polar surface area (TPSA) is 74.8 Å². The molecule has 1 unspecified atom stereocenters. The zero-order valence-corrected chi connectivity index (χ0v) is 23.1. The number of alkyl halides is 3. The molecule has 0 fully saturated rings. The zero-order valence-electron chi connectivity index (χ0n) is 23.1. The van der Waals surface area contributed by atoms with E-state index in [1.165, 1.54) is 31.3 Å². The molecule has 0 saturated carbocycles. The lowest BCUT2D eigenvalue weighted by molar-refractivity contribution is -0.173. The van der Waals surface area contributed by atoms with Crippen LogP contribution in [0.15, 0.2) is 36.4 Å². The fourth-order valence-electron chi connectivity index (χ4n) is 5.74. The van der Waals surface area contributed by atoms with E-state index in [0.717, 1.165) is 56.7 Å². The van der Waals surface area contributed by atoms with E-state index < -0.39 is 35.2 Å². The molecule has 0 N–H and O–H groups in total. The molecule has 0 bridgehead atoms. The number of benzene rings is 3. The maximum absolute atomic E-state index is 14.9. The molecular formula is C31H27F3N2O4. The van der Waals surface area contributed by atoms with Gasteiger partial charge in [-0.2, -0.15) is 13.2 Å². The summed E-state index contributed by atoms with van der Waals surface area (Å²) in [5.74, 6) is -2.57. The lowest BCUT2D eigenvalue weighted by Crippen LogP contribution is -2.41. The number of imide groups is 2. The van der Waals surface area contributed by atoms with Crippen LogP contribution in [-0.4, -0.2) is 41.8 Å². The maximum atomic E-state index is 14.9. The molecule has 1 atom stereocenters. The van der Waals surface area contributed by atoms with Crippen LogP contribution >= 0.6 is 0 Å². The van der Waals surface area contributed by atoms with Gasteiger partial charge in [0.1, 0.15) is 5.41 Å². The highest BCUT2D eigenvalue weighted by Gasteiger charge is 2.55. The smallest absolute Gasteiger partial charge is 0.277 e. The SMILES string of the molecule is Cc1c(C)c(C)c(N2C(=O)c3ccc(C(C)(c4ccc5c(c4)C(=O)N(C)C5=O)C(F)(F)F)cc3C2=O)c(C)c1C. The van der Waals surface area contributed by atoms with Gasteiger partial charge in [0.05, 0.1) is 27.9 Å². The minimum atomic E-state index is -4.85. The fourth-order valence-corrected chi connectivity index (χ4v) is 5.74. The summed E-state index contributed by atoms with van der Waals surface area (Å²) in [6, 6.07) is 7.04. The van der Waals surface area contributed by atoms with Crippen molar-refractivity contribution < 1.29 is 32.3 Å². The van der Waals surface area contributed by atoms with Crippen molar-refractivity contribution in [3.63, 3.8) is 0 Å². The third kappa shape index (κ3) is 3.42. The summed E-state index contributed by atoms with van der Waals surface area (Å²) < 4.78 is 44.6. The highest BCUT2D eigenvalue weighted by molar-refractivity contribution is 6.35. The van der Waals surface area contributed by atoms with Crippen LogP contribution in [0.25, 0.3) is 0 Å². The first kappa shape index (κ1) is 27.3. The number of nitrogens with zero attached hydrogens (tertiary/aromatic N) is 2. The van der Waals surface area contributed by atoms with Crippen molar-refractivity contribution >= 4 is 29.3 Å². The minimum absolute atomic E-state index is 0.0179. The summed E-state index contributed by atoms with van der Waals surface area (Å²) in [4.78, 5) is 53.9. The first-order chi connectivity index (χ1) is 18.5. The Morgan fingerprint density at radius 1 is 0.575 bits per heavy atom. The largest absolute Gasteiger partial charge is 0.402 e. The van der Waals surface area contributed by atoms with Crippen molar-refractivity contribution in [3.05, 3.63) is 97.6 Å². The molecule has 0 aromatic heterocycles. The molecule has 3 aromatic rings. The lowest BCUT2D eigenvalue weighted by atomic mass is 9.74. The van der Waals surface area contributed by atoms with Crippen molar-refractivity contribution in [2.45, 2.75) is 53.1 Å². The number of halogens is 3. The second-order valence-corrected chi connectivity index (χ2v) is 10.7. The summed E-state index contributed by atoms with van der Waals surface area (Å²) >= 11 is 0. The molecule has 9 heteroatoms. The van der Waals surface area contributed by atoms with Gasteiger partial charge >= 0.3 is 6.18 Å². The van der Waals surface area contributed by atoms with E-state index in [-0.39, 0.29) is 33.4 Å². The lowest BCUT2D eigenvalue weighted by Gasteiger charge is -2.33. The van der Waals surface area contributed by atoms with Gasteiger partial charge < -0.3 is 0 Å². The van der Waals surface area contributed by atoms with Crippen LogP contribution in [0.2, 0.25) is 0 Å². The Balaban J connectivity index is 1.66. The monoisotopic (exact) mass is 548 g/mol. The summed E-state index contributed by atoms with van der Waals surface area (Å²) in [6.07, 6.45) is -4.85. The molecule has 0 saturated heterocycles. The Labute approximate surface area is 229 Å². The van der Waals surface area contributed by atoms with Crippen molar-refractivity contribution in [2.75, 3.05) is 11.9 Å². The number of carbonyl (C=O) groups excluding carboxylic acids is 4. The standard InChI is InChI=1S/C31H27F3N2O4/c1-14-15(2)17(4)25(18(5)16(14)3)36-28(39)22-11-9-20(13-24(22)29(36)40)30(6,31(32,33)34)19-8-10-21-23(12-19)27(38)35(7)26(21)37/h8-13H,1-7H3. The first-order valence-corrected chi connectivity index (χ1v) is 12.7. The van der Waals surface area contributed by atoms with Crippen LogP contribution in [0.3, 0.4) is 0 Å². The molecule has 2 aliphatic rings. The van der Waals surface area contributed by atoms with Crippen LogP contribution in [0.5, 0.6) is 0 Å². The Hall–Kier alpha value is -4.27. The van der Waals surface area contributed by atoms with Crippen LogP contribution in [0.4, 0.5) is 18.9 Å². The summed E-state index contributed by atoms with van der Waals surface area (Å²) in [7, 11) is 1.27. The molecule has 5 rings (SSSR count). The van der Waals surface area contributed by atoms with E-state index in [9.17, 15) is 32.3 Å². The van der Waals surface area contributed by atoms with Crippen LogP contribution in [-0.2, 0) is 5.41 Å². The Morgan fingerprint density at radius 2 is 0.950 bits per heavy atom. The number of rotatable bonds is 3. The molecule has 2 heterocycles. The fraction of sp³-hybridized carbons (Fsp3) is 0.290. The number of hydrogen-bond acceptors (Lipinski definition) is 4. The van der Waals surface area contributed by atoms with Crippen LogP contribution in [0.1, 0.15) is 87.3 Å². The molecule has 206 valence electrons. The summed E-state index contributed by atoms with van der Waals surface area (Å²) in [5.41, 5.74) is 1.45. The van der Waals surface area contributed by atoms with Gasteiger partial charge in [0.15, 0.2) is 0 Å². The second kappa shape index (κ2) is 8.61. The zero-order chi connectivity index (χ0) is 29.6. The third-order valence-electron chi connectivity index (χ3n) is 8.88. The molecule has 6 nitrogen and oxygen atoms in total. The Kier molecular flexibility index (Phi) is 5.88. The average Bonchev–Trinajstić information content (AvgIpc) is 3.29. The Morgan fingerprint density at radius 3 is 1.43 bits per heavy atom. The number of amides is 4. The van der Waals surface area contributed by atoms with E-state index in [2.05, 4.69) is 0 Å². The molecule has 2 aliphatic heterocycles. The van der Waals surface area contributed by atoms with E-state index in [1.54, 1.807) is 0 Å². The second-order valence-electron chi connectivity index (χ2n) is 10.7. The van der Waals surface area contributed by atoms with Crippen molar-refractivity contribution in [1.82, 2.24) is 4.90 Å². The van der Waals surface area contributed by atoms with E-state index in [1.807, 2.05) is 34.6 Å². The molecule has 4 amide bonds. The number of hydrogen-bond donors (Lipinski definition) is 0. The maximum Gasteiger partial charge on any atom is 0.402 e. The van der Waals surface area contributed by atoms with Crippen LogP contribution < -0.4 is 4.90 Å². The molecule has 3 aromatic carbocycles. The number of fused-ring (bicyclic) bond motifs is 2. The van der Waals surface area contributed by atoms with Gasteiger partial charge in [0.2, 0.25) is 0 Å². The molecular weight excluding hydrogens is 521 g/mol.